The highest BCUT2D eigenvalue weighted by Gasteiger charge is 2.26. The quantitative estimate of drug-likeness (QED) is 0.138. The van der Waals surface area contributed by atoms with Crippen LogP contribution in [-0.2, 0) is 0 Å². The van der Waals surface area contributed by atoms with Gasteiger partial charge in [-0.1, -0.05) is 194 Å². The molecule has 0 amide bonds. The Labute approximate surface area is 434 Å². The summed E-state index contributed by atoms with van der Waals surface area (Å²) < 4.78 is 4.81. The van der Waals surface area contributed by atoms with E-state index in [9.17, 15) is 0 Å². The van der Waals surface area contributed by atoms with Gasteiger partial charge >= 0.3 is 0 Å². The highest BCUT2D eigenvalue weighted by atomic mass is 15.1. The summed E-state index contributed by atoms with van der Waals surface area (Å²) in [4.78, 5) is 2.56. The van der Waals surface area contributed by atoms with E-state index >= 15 is 0 Å². The van der Waals surface area contributed by atoms with Crippen LogP contribution in [0.3, 0.4) is 0 Å². The van der Waals surface area contributed by atoms with Gasteiger partial charge in [0, 0.05) is 55.1 Å². The van der Waals surface area contributed by atoms with E-state index in [4.69, 9.17) is 0 Å². The van der Waals surface area contributed by atoms with E-state index in [0.717, 1.165) is 55.8 Å². The summed E-state index contributed by atoms with van der Waals surface area (Å²) in [6.07, 6.45) is 0. The second-order valence-corrected chi connectivity index (χ2v) is 19.7. The third-order valence-corrected chi connectivity index (χ3v) is 15.4. The van der Waals surface area contributed by atoms with Gasteiger partial charge in [-0.15, -0.1) is 0 Å². The highest BCUT2D eigenvalue weighted by molar-refractivity contribution is 6.24. The molecule has 15 aromatic rings. The summed E-state index contributed by atoms with van der Waals surface area (Å²) >= 11 is 0. The molecule has 0 saturated carbocycles. The molecule has 3 heteroatoms. The minimum atomic E-state index is 1.07. The molecule has 15 rings (SSSR count). The maximum Gasteiger partial charge on any atom is 0.0619 e. The van der Waals surface area contributed by atoms with Crippen LogP contribution >= 0.6 is 0 Å². The average Bonchev–Trinajstić information content (AvgIpc) is 4.01. The van der Waals surface area contributed by atoms with E-state index in [1.54, 1.807) is 0 Å². The minimum Gasteiger partial charge on any atom is -0.309 e. The molecule has 0 radical (unpaired) electrons. The van der Waals surface area contributed by atoms with Gasteiger partial charge in [0.1, 0.15) is 0 Å². The van der Waals surface area contributed by atoms with Gasteiger partial charge < -0.3 is 14.0 Å². The summed E-state index contributed by atoms with van der Waals surface area (Å²) in [6, 6.07) is 105. The van der Waals surface area contributed by atoms with E-state index in [-0.39, 0.29) is 0 Å². The molecule has 0 N–H and O–H groups in total. The van der Waals surface area contributed by atoms with Crippen LogP contribution in [0.5, 0.6) is 0 Å². The fourth-order valence-corrected chi connectivity index (χ4v) is 12.0. The summed E-state index contributed by atoms with van der Waals surface area (Å²) in [6.45, 7) is 0. The van der Waals surface area contributed by atoms with Crippen LogP contribution in [0.4, 0.5) is 17.1 Å². The lowest BCUT2D eigenvalue weighted by Gasteiger charge is -2.30. The first-order chi connectivity index (χ1) is 37.2. The van der Waals surface area contributed by atoms with Crippen molar-refractivity contribution in [3.8, 4) is 44.8 Å². The third kappa shape index (κ3) is 6.97. The van der Waals surface area contributed by atoms with Crippen LogP contribution < -0.4 is 4.90 Å². The molecule has 2 heterocycles. The van der Waals surface area contributed by atoms with Crippen molar-refractivity contribution >= 4 is 93.0 Å². The van der Waals surface area contributed by atoms with Gasteiger partial charge in [-0.2, -0.15) is 0 Å². The molecule has 0 aliphatic carbocycles. The number of hydrogen-bond acceptors (Lipinski definition) is 1. The van der Waals surface area contributed by atoms with Gasteiger partial charge in [-0.3, -0.25) is 0 Å². The third-order valence-electron chi connectivity index (χ3n) is 15.4. The first kappa shape index (κ1) is 42.7. The average molecular weight is 954 g/mol. The molecular weight excluding hydrogens is 907 g/mol. The lowest BCUT2D eigenvalue weighted by Crippen LogP contribution is -2.12. The fourth-order valence-electron chi connectivity index (χ4n) is 12.0. The van der Waals surface area contributed by atoms with E-state index in [1.165, 1.54) is 81.9 Å². The summed E-state index contributed by atoms with van der Waals surface area (Å²) in [5.41, 5.74) is 17.3. The summed E-state index contributed by atoms with van der Waals surface area (Å²) in [7, 11) is 0. The molecule has 0 aliphatic rings. The van der Waals surface area contributed by atoms with Crippen LogP contribution in [0.2, 0.25) is 0 Å². The lowest BCUT2D eigenvalue weighted by molar-refractivity contribution is 1.18. The van der Waals surface area contributed by atoms with Crippen molar-refractivity contribution in [1.29, 1.82) is 0 Å². The van der Waals surface area contributed by atoms with Crippen molar-refractivity contribution in [1.82, 2.24) is 9.13 Å². The van der Waals surface area contributed by atoms with Crippen LogP contribution in [0.15, 0.2) is 285 Å². The van der Waals surface area contributed by atoms with Crippen molar-refractivity contribution in [2.75, 3.05) is 4.90 Å². The van der Waals surface area contributed by atoms with Crippen LogP contribution in [0.25, 0.3) is 121 Å². The molecule has 0 unspecified atom stereocenters. The molecule has 2 aromatic heterocycles. The zero-order valence-corrected chi connectivity index (χ0v) is 41.0. The summed E-state index contributed by atoms with van der Waals surface area (Å²) in [5.74, 6) is 0. The number of fused-ring (bicyclic) bond motifs is 9. The monoisotopic (exact) mass is 953 g/mol. The maximum atomic E-state index is 2.56. The second-order valence-electron chi connectivity index (χ2n) is 19.7. The van der Waals surface area contributed by atoms with E-state index in [1.807, 2.05) is 0 Å². The molecule has 0 aliphatic heterocycles. The molecular formula is C72H47N3. The normalized spacial score (nSPS) is 11.7. The molecule has 13 aromatic carbocycles. The predicted molar refractivity (Wildman–Crippen MR) is 319 cm³/mol. The number of aromatic nitrogens is 2. The van der Waals surface area contributed by atoms with Gasteiger partial charge in [-0.05, 0) is 146 Å². The van der Waals surface area contributed by atoms with Gasteiger partial charge in [0.05, 0.1) is 27.8 Å². The zero-order chi connectivity index (χ0) is 49.4. The number of nitrogens with zero attached hydrogens (tertiary/aromatic N) is 3. The largest absolute Gasteiger partial charge is 0.309 e. The first-order valence-electron chi connectivity index (χ1n) is 25.8. The van der Waals surface area contributed by atoms with Crippen LogP contribution in [-0.4, -0.2) is 9.13 Å². The molecule has 0 atom stereocenters. The molecule has 0 bridgehead atoms. The number of rotatable bonds is 8. The fraction of sp³-hybridized carbons (Fsp3) is 0. The van der Waals surface area contributed by atoms with Crippen molar-refractivity contribution in [2.45, 2.75) is 0 Å². The van der Waals surface area contributed by atoms with E-state index in [0.29, 0.717) is 0 Å². The Morgan fingerprint density at radius 3 is 1.23 bits per heavy atom. The van der Waals surface area contributed by atoms with Crippen molar-refractivity contribution in [3.05, 3.63) is 285 Å². The Balaban J connectivity index is 1.10. The van der Waals surface area contributed by atoms with Gasteiger partial charge in [-0.25, -0.2) is 0 Å². The van der Waals surface area contributed by atoms with Crippen molar-refractivity contribution < 1.29 is 0 Å². The number of para-hydroxylation sites is 4. The maximum absolute atomic E-state index is 2.56. The smallest absolute Gasteiger partial charge is 0.0619 e. The summed E-state index contributed by atoms with van der Waals surface area (Å²) in [5, 5.41) is 11.9. The predicted octanol–water partition coefficient (Wildman–Crippen LogP) is 19.8. The zero-order valence-electron chi connectivity index (χ0n) is 41.0. The minimum absolute atomic E-state index is 1.07. The Bertz CT molecular complexity index is 4530. The standard InChI is InChI=1S/C72H47N3/c1-5-19-48(20-6-1)52-36-40-62-65(44-52)71(54-34-33-50-23-13-14-24-51(50)43-54)61-39-35-53(49-21-7-2-8-22-49)45-66(61)72(62)73(57-37-41-69-63(46-57)59-29-15-17-31-67(59)74(69)55-25-9-3-10-26-55)58-38-42-70-64(47-58)60-30-16-18-32-68(60)75(70)56-27-11-4-12-28-56/h1-47H. The van der Waals surface area contributed by atoms with Gasteiger partial charge in [0.25, 0.3) is 0 Å². The SMILES string of the molecule is c1ccc(-c2ccc3c(N(c4ccc5c(c4)c4ccccc4n5-c4ccccc4)c4ccc5c(c4)c4ccccc4n5-c4ccccc4)c4cc(-c5ccccc5)ccc4c(-c4ccc5ccccc5c4)c3c2)cc1. The van der Waals surface area contributed by atoms with E-state index < -0.39 is 0 Å². The molecule has 350 valence electrons. The second kappa shape index (κ2) is 17.4. The Morgan fingerprint density at radius 1 is 0.227 bits per heavy atom. The molecule has 75 heavy (non-hydrogen) atoms. The van der Waals surface area contributed by atoms with Crippen LogP contribution in [0, 0.1) is 0 Å². The number of anilines is 3. The molecule has 0 saturated heterocycles. The molecule has 0 fully saturated rings. The highest BCUT2D eigenvalue weighted by Crippen LogP contribution is 2.51. The first-order valence-corrected chi connectivity index (χ1v) is 25.8. The van der Waals surface area contributed by atoms with E-state index in [2.05, 4.69) is 299 Å². The number of hydrogen-bond donors (Lipinski definition) is 0. The number of benzene rings is 13. The lowest BCUT2D eigenvalue weighted by atomic mass is 9.86. The van der Waals surface area contributed by atoms with Crippen molar-refractivity contribution in [2.24, 2.45) is 0 Å². The molecule has 0 spiro atoms. The van der Waals surface area contributed by atoms with Crippen molar-refractivity contribution in [3.63, 3.8) is 0 Å². The van der Waals surface area contributed by atoms with Gasteiger partial charge in [0.2, 0.25) is 0 Å². The Morgan fingerprint density at radius 2 is 0.667 bits per heavy atom. The van der Waals surface area contributed by atoms with Crippen LogP contribution in [0.1, 0.15) is 0 Å². The Hall–Kier alpha value is -9.96. The molecule has 3 nitrogen and oxygen atoms in total. The Kier molecular flexibility index (Phi) is 9.89. The van der Waals surface area contributed by atoms with Gasteiger partial charge in [0.15, 0.2) is 0 Å². The topological polar surface area (TPSA) is 13.1 Å².